The molecule has 0 spiro atoms. The fraction of sp³-hybridized carbons (Fsp3) is 0.324. The number of nitrogens with one attached hydrogen (secondary N) is 2. The highest BCUT2D eigenvalue weighted by molar-refractivity contribution is 6.36. The summed E-state index contributed by atoms with van der Waals surface area (Å²) in [5.41, 5.74) is 0.703. The van der Waals surface area contributed by atoms with Crippen molar-refractivity contribution in [2.24, 2.45) is 14.1 Å². The average Bonchev–Trinajstić information content (AvgIpc) is 3.10. The maximum absolute atomic E-state index is 13.9. The van der Waals surface area contributed by atoms with E-state index >= 15 is 0 Å². The molecule has 5 aromatic rings. The summed E-state index contributed by atoms with van der Waals surface area (Å²) in [6, 6.07) is 11.0. The van der Waals surface area contributed by atoms with Gasteiger partial charge in [-0.25, -0.2) is 14.8 Å². The molecular formula is C34H33ClF3N7O5. The number of halogens is 4. The van der Waals surface area contributed by atoms with E-state index in [1.807, 2.05) is 0 Å². The Morgan fingerprint density at radius 1 is 1.08 bits per heavy atom. The summed E-state index contributed by atoms with van der Waals surface area (Å²) in [5.74, 6) is -0.0701. The van der Waals surface area contributed by atoms with Crippen molar-refractivity contribution in [2.45, 2.75) is 38.2 Å². The molecule has 1 saturated heterocycles. The minimum Gasteiger partial charge on any atom is -0.480 e. The molecule has 4 heterocycles. The van der Waals surface area contributed by atoms with Crippen LogP contribution in [0.2, 0.25) is 5.02 Å². The van der Waals surface area contributed by atoms with Crippen LogP contribution < -0.4 is 26.6 Å². The number of ether oxygens (including phenoxy) is 2. The molecule has 1 aliphatic rings. The number of methoxy groups -OCH3 is 1. The first-order chi connectivity index (χ1) is 23.8. The molecule has 12 nitrogen and oxygen atoms in total. The van der Waals surface area contributed by atoms with Crippen LogP contribution in [0.15, 0.2) is 58.3 Å². The maximum Gasteiger partial charge on any atom is 0.433 e. The third-order valence-electron chi connectivity index (χ3n) is 8.76. The summed E-state index contributed by atoms with van der Waals surface area (Å²) in [6.07, 6.45) is -3.25. The van der Waals surface area contributed by atoms with Gasteiger partial charge in [0.25, 0.3) is 5.56 Å². The smallest absolute Gasteiger partial charge is 0.433 e. The number of hydrogen-bond acceptors (Lipinski definition) is 10. The molecular weight excluding hydrogens is 679 g/mol. The molecule has 0 aliphatic carbocycles. The molecule has 0 radical (unpaired) electrons. The number of aliphatic hydroxyl groups excluding tert-OH is 1. The van der Waals surface area contributed by atoms with E-state index in [0.29, 0.717) is 70.0 Å². The summed E-state index contributed by atoms with van der Waals surface area (Å²) >= 11 is 7.00. The molecule has 0 saturated carbocycles. The van der Waals surface area contributed by atoms with Crippen molar-refractivity contribution in [3.05, 3.63) is 91.5 Å². The first-order valence-corrected chi connectivity index (χ1v) is 15.9. The highest BCUT2D eigenvalue weighted by Gasteiger charge is 2.34. The van der Waals surface area contributed by atoms with E-state index in [0.717, 1.165) is 9.13 Å². The monoisotopic (exact) mass is 711 g/mol. The number of rotatable bonds is 8. The van der Waals surface area contributed by atoms with Gasteiger partial charge < -0.3 is 25.2 Å². The van der Waals surface area contributed by atoms with E-state index < -0.39 is 29.2 Å². The van der Waals surface area contributed by atoms with Gasteiger partial charge in [-0.3, -0.25) is 18.9 Å². The van der Waals surface area contributed by atoms with Crippen LogP contribution in [-0.2, 0) is 31.6 Å². The molecule has 6 rings (SSSR count). The lowest BCUT2D eigenvalue weighted by Crippen LogP contribution is -2.46. The normalized spacial score (nSPS) is 16.5. The highest BCUT2D eigenvalue weighted by atomic mass is 35.5. The molecule has 1 aliphatic heterocycles. The number of aromatic nitrogens is 5. The Morgan fingerprint density at radius 3 is 2.52 bits per heavy atom. The Hall–Kier alpha value is -4.83. The van der Waals surface area contributed by atoms with Crippen LogP contribution >= 0.6 is 11.6 Å². The van der Waals surface area contributed by atoms with E-state index in [1.54, 1.807) is 49.5 Å². The minimum absolute atomic E-state index is 0.156. The minimum atomic E-state index is -4.85. The molecule has 262 valence electrons. The summed E-state index contributed by atoms with van der Waals surface area (Å²) in [4.78, 5) is 38.8. The van der Waals surface area contributed by atoms with Gasteiger partial charge in [0.2, 0.25) is 5.88 Å². The Kier molecular flexibility index (Phi) is 9.68. The number of aliphatic hydroxyl groups is 1. The molecule has 0 amide bonds. The van der Waals surface area contributed by atoms with E-state index in [1.165, 1.54) is 21.2 Å². The standard InChI is InChI=1S/C34H33ClF3N7O5/c1-17-18(7-6-10-21(17)41-30-28-25(13-27(43-30)34(36,37)38)44(2)33(48)45(3)32(28)47)19-8-5-9-20(29(19)35)23-14-40-24(31(42-23)49-4)15-39-22-11-12-50-16-26(22)46/h5-10,13-14,22,26,39,46H,11-12,15-16H2,1-4H3,(H,41,43)/t22-,26+/m1/s1. The van der Waals surface area contributed by atoms with Gasteiger partial charge in [-0.15, -0.1) is 0 Å². The zero-order chi connectivity index (χ0) is 35.9. The second kappa shape index (κ2) is 13.8. The van der Waals surface area contributed by atoms with E-state index in [4.69, 9.17) is 21.1 Å². The van der Waals surface area contributed by atoms with Crippen molar-refractivity contribution in [1.82, 2.24) is 29.4 Å². The Morgan fingerprint density at radius 2 is 1.80 bits per heavy atom. The largest absolute Gasteiger partial charge is 0.480 e. The van der Waals surface area contributed by atoms with Crippen molar-refractivity contribution in [3.63, 3.8) is 0 Å². The number of aryl methyl sites for hydroxylation is 1. The van der Waals surface area contributed by atoms with Gasteiger partial charge in [-0.05, 0) is 36.6 Å². The lowest BCUT2D eigenvalue weighted by Gasteiger charge is -2.28. The summed E-state index contributed by atoms with van der Waals surface area (Å²) < 4.78 is 54.4. The second-order valence-corrected chi connectivity index (χ2v) is 12.2. The topological polar surface area (TPSA) is 145 Å². The number of anilines is 2. The molecule has 0 bridgehead atoms. The van der Waals surface area contributed by atoms with Crippen molar-refractivity contribution in [2.75, 3.05) is 25.6 Å². The molecule has 2 atom stereocenters. The number of pyridine rings is 1. The molecule has 1 fully saturated rings. The fourth-order valence-electron chi connectivity index (χ4n) is 5.95. The van der Waals surface area contributed by atoms with E-state index in [2.05, 4.69) is 25.6 Å². The van der Waals surface area contributed by atoms with Gasteiger partial charge in [0.15, 0.2) is 0 Å². The van der Waals surface area contributed by atoms with Crippen molar-refractivity contribution >= 4 is 34.0 Å². The van der Waals surface area contributed by atoms with Gasteiger partial charge in [-0.2, -0.15) is 13.2 Å². The van der Waals surface area contributed by atoms with Crippen LogP contribution in [-0.4, -0.2) is 61.7 Å². The van der Waals surface area contributed by atoms with Crippen LogP contribution in [0.1, 0.15) is 23.4 Å². The Labute approximate surface area is 288 Å². The SMILES string of the molecule is COc1nc(-c2cccc(-c3cccc(Nc4nc(C(F)(F)F)cc5c4c(=O)n(C)c(=O)n5C)c3C)c2Cl)cnc1CN[C@@H]1CCOC[C@@H]1O. The number of nitrogens with zero attached hydrogens (tertiary/aromatic N) is 5. The number of benzene rings is 2. The van der Waals surface area contributed by atoms with Crippen molar-refractivity contribution < 1.29 is 27.8 Å². The van der Waals surface area contributed by atoms with Crippen LogP contribution in [0.25, 0.3) is 33.3 Å². The predicted octanol–water partition coefficient (Wildman–Crippen LogP) is 4.73. The third-order valence-corrected chi connectivity index (χ3v) is 9.16. The van der Waals surface area contributed by atoms with E-state index in [-0.39, 0.29) is 35.2 Å². The lowest BCUT2D eigenvalue weighted by atomic mass is 9.96. The van der Waals surface area contributed by atoms with Gasteiger partial charge in [-0.1, -0.05) is 41.9 Å². The Balaban J connectivity index is 1.36. The lowest BCUT2D eigenvalue weighted by molar-refractivity contribution is -0.141. The van der Waals surface area contributed by atoms with Gasteiger partial charge in [0.05, 0.1) is 42.3 Å². The summed E-state index contributed by atoms with van der Waals surface area (Å²) in [7, 11) is 4.02. The molecule has 3 aromatic heterocycles. The molecule has 0 unspecified atom stereocenters. The molecule has 3 N–H and O–H groups in total. The van der Waals surface area contributed by atoms with Crippen LogP contribution in [0, 0.1) is 6.92 Å². The fourth-order valence-corrected chi connectivity index (χ4v) is 6.28. The molecule has 2 aromatic carbocycles. The molecule has 16 heteroatoms. The number of fused-ring (bicyclic) bond motifs is 1. The first-order valence-electron chi connectivity index (χ1n) is 15.5. The third kappa shape index (κ3) is 6.56. The van der Waals surface area contributed by atoms with Gasteiger partial charge >= 0.3 is 11.9 Å². The van der Waals surface area contributed by atoms with Crippen molar-refractivity contribution in [3.8, 4) is 28.3 Å². The average molecular weight is 712 g/mol. The summed E-state index contributed by atoms with van der Waals surface area (Å²) in [6.45, 7) is 2.87. The predicted molar refractivity (Wildman–Crippen MR) is 182 cm³/mol. The van der Waals surface area contributed by atoms with Crippen molar-refractivity contribution in [1.29, 1.82) is 0 Å². The maximum atomic E-state index is 13.9. The number of hydrogen-bond donors (Lipinski definition) is 3. The van der Waals surface area contributed by atoms with Crippen LogP contribution in [0.5, 0.6) is 5.88 Å². The van der Waals surface area contributed by atoms with E-state index in [9.17, 15) is 27.9 Å². The zero-order valence-corrected chi connectivity index (χ0v) is 28.2. The van der Waals surface area contributed by atoms with Crippen LogP contribution in [0.4, 0.5) is 24.7 Å². The Bertz CT molecular complexity index is 2220. The second-order valence-electron chi connectivity index (χ2n) is 11.9. The first kappa shape index (κ1) is 35.0. The molecule has 50 heavy (non-hydrogen) atoms. The summed E-state index contributed by atoms with van der Waals surface area (Å²) in [5, 5.41) is 16.6. The van der Waals surface area contributed by atoms with Crippen LogP contribution in [0.3, 0.4) is 0 Å². The zero-order valence-electron chi connectivity index (χ0n) is 27.4. The quantitative estimate of drug-likeness (QED) is 0.207. The van der Waals surface area contributed by atoms with Gasteiger partial charge in [0.1, 0.15) is 22.6 Å². The highest BCUT2D eigenvalue weighted by Crippen LogP contribution is 2.40. The van der Waals surface area contributed by atoms with Gasteiger partial charge in [0, 0.05) is 50.1 Å². The number of alkyl halides is 3.